The lowest BCUT2D eigenvalue weighted by molar-refractivity contribution is 0.0560. The first-order valence-electron chi connectivity index (χ1n) is 11.9. The molecule has 0 aliphatic carbocycles. The number of fused-ring (bicyclic) bond motifs is 1. The second-order valence-electron chi connectivity index (χ2n) is 10.1. The molecule has 2 rings (SSSR count). The predicted octanol–water partition coefficient (Wildman–Crippen LogP) is 8.37. The molecule has 1 N–H and O–H groups in total. The van der Waals surface area contributed by atoms with Crippen molar-refractivity contribution >= 4 is 0 Å². The van der Waals surface area contributed by atoms with Crippen molar-refractivity contribution in [3.63, 3.8) is 0 Å². The summed E-state index contributed by atoms with van der Waals surface area (Å²) in [5.41, 5.74) is 6.01. The minimum absolute atomic E-state index is 0.114. The van der Waals surface area contributed by atoms with E-state index in [0.29, 0.717) is 5.75 Å². The molecule has 168 valence electrons. The highest BCUT2D eigenvalue weighted by atomic mass is 16.5. The standard InChI is InChI=1S/C28H44O2/c1-20(2)11-8-12-21(3)13-9-14-22(4)15-10-17-28(7)18-16-25-19-26(29)23(5)24(6)27(25)30-28/h11,15,19,21,29H,8-10,12-14,16-18H2,1-7H3/b22-15+. The summed E-state index contributed by atoms with van der Waals surface area (Å²) in [6.45, 7) is 15.3. The minimum Gasteiger partial charge on any atom is -0.508 e. The van der Waals surface area contributed by atoms with Gasteiger partial charge in [0.2, 0.25) is 0 Å². The summed E-state index contributed by atoms with van der Waals surface area (Å²) in [6.07, 6.45) is 15.3. The van der Waals surface area contributed by atoms with Gasteiger partial charge < -0.3 is 9.84 Å². The third kappa shape index (κ3) is 7.22. The van der Waals surface area contributed by atoms with Crippen molar-refractivity contribution < 1.29 is 9.84 Å². The van der Waals surface area contributed by atoms with Gasteiger partial charge in [0.05, 0.1) is 0 Å². The average molecular weight is 413 g/mol. The third-order valence-electron chi connectivity index (χ3n) is 6.81. The summed E-state index contributed by atoms with van der Waals surface area (Å²) >= 11 is 0. The minimum atomic E-state index is -0.114. The molecule has 2 atom stereocenters. The average Bonchev–Trinajstić information content (AvgIpc) is 2.67. The zero-order valence-electron chi connectivity index (χ0n) is 20.5. The van der Waals surface area contributed by atoms with Crippen LogP contribution in [0, 0.1) is 19.8 Å². The second-order valence-corrected chi connectivity index (χ2v) is 10.1. The smallest absolute Gasteiger partial charge is 0.126 e. The van der Waals surface area contributed by atoms with Crippen molar-refractivity contribution in [2.75, 3.05) is 0 Å². The van der Waals surface area contributed by atoms with Gasteiger partial charge in [0.1, 0.15) is 17.1 Å². The van der Waals surface area contributed by atoms with E-state index in [0.717, 1.165) is 54.0 Å². The van der Waals surface area contributed by atoms with Crippen LogP contribution in [-0.4, -0.2) is 10.7 Å². The van der Waals surface area contributed by atoms with E-state index in [-0.39, 0.29) is 5.60 Å². The number of hydrogen-bond donors (Lipinski definition) is 1. The summed E-state index contributed by atoms with van der Waals surface area (Å²) < 4.78 is 6.49. The lowest BCUT2D eigenvalue weighted by atomic mass is 9.86. The van der Waals surface area contributed by atoms with E-state index in [1.54, 1.807) is 0 Å². The van der Waals surface area contributed by atoms with Crippen LogP contribution in [0.1, 0.15) is 103 Å². The van der Waals surface area contributed by atoms with E-state index < -0.39 is 0 Å². The van der Waals surface area contributed by atoms with E-state index in [4.69, 9.17) is 4.74 Å². The molecule has 0 radical (unpaired) electrons. The van der Waals surface area contributed by atoms with E-state index in [2.05, 4.69) is 53.7 Å². The highest BCUT2D eigenvalue weighted by Gasteiger charge is 2.32. The number of phenolic OH excluding ortho intramolecular Hbond substituents is 1. The van der Waals surface area contributed by atoms with E-state index in [9.17, 15) is 5.11 Å². The van der Waals surface area contributed by atoms with Crippen LogP contribution in [0.4, 0.5) is 0 Å². The molecule has 0 amide bonds. The summed E-state index contributed by atoms with van der Waals surface area (Å²) in [5, 5.41) is 10.1. The third-order valence-corrected chi connectivity index (χ3v) is 6.81. The molecule has 0 bridgehead atoms. The number of rotatable bonds is 10. The Morgan fingerprint density at radius 1 is 1.13 bits per heavy atom. The lowest BCUT2D eigenvalue weighted by Crippen LogP contribution is -2.36. The van der Waals surface area contributed by atoms with Crippen LogP contribution in [0.5, 0.6) is 11.5 Å². The maximum atomic E-state index is 10.1. The first-order chi connectivity index (χ1) is 14.1. The van der Waals surface area contributed by atoms with Gasteiger partial charge in [-0.05, 0) is 122 Å². The number of benzene rings is 1. The van der Waals surface area contributed by atoms with Gasteiger partial charge in [0.25, 0.3) is 0 Å². The number of ether oxygens (including phenoxy) is 1. The quantitative estimate of drug-likeness (QED) is 0.391. The number of hydrogen-bond acceptors (Lipinski definition) is 2. The molecule has 0 spiro atoms. The molecule has 30 heavy (non-hydrogen) atoms. The van der Waals surface area contributed by atoms with Crippen LogP contribution in [-0.2, 0) is 6.42 Å². The molecule has 1 aliphatic rings. The number of aromatic hydroxyl groups is 1. The SMILES string of the molecule is CC(C)=CCCC(C)CCC/C(C)=C/CCC1(C)CCc2cc(O)c(C)c(C)c2O1. The van der Waals surface area contributed by atoms with Gasteiger partial charge in [0, 0.05) is 0 Å². The Morgan fingerprint density at radius 2 is 1.87 bits per heavy atom. The Labute approximate surface area is 185 Å². The lowest BCUT2D eigenvalue weighted by Gasteiger charge is -2.37. The van der Waals surface area contributed by atoms with Gasteiger partial charge in [-0.15, -0.1) is 0 Å². The van der Waals surface area contributed by atoms with Crippen molar-refractivity contribution in [3.8, 4) is 11.5 Å². The van der Waals surface area contributed by atoms with Gasteiger partial charge in [0.15, 0.2) is 0 Å². The van der Waals surface area contributed by atoms with Crippen molar-refractivity contribution in [2.45, 2.75) is 112 Å². The second kappa shape index (κ2) is 11.1. The monoisotopic (exact) mass is 412 g/mol. The Balaban J connectivity index is 1.78. The fraction of sp³-hybridized carbons (Fsp3) is 0.643. The summed E-state index contributed by atoms with van der Waals surface area (Å²) in [6, 6.07) is 1.89. The summed E-state index contributed by atoms with van der Waals surface area (Å²) in [5.74, 6) is 2.21. The topological polar surface area (TPSA) is 29.5 Å². The molecule has 0 saturated carbocycles. The van der Waals surface area contributed by atoms with Crippen LogP contribution in [0.25, 0.3) is 0 Å². The molecule has 0 fully saturated rings. The molecule has 2 nitrogen and oxygen atoms in total. The zero-order chi connectivity index (χ0) is 22.3. The molecule has 1 aromatic rings. The van der Waals surface area contributed by atoms with Crippen molar-refractivity contribution in [2.24, 2.45) is 5.92 Å². The molecule has 0 aromatic heterocycles. The highest BCUT2D eigenvalue weighted by Crippen LogP contribution is 2.41. The zero-order valence-corrected chi connectivity index (χ0v) is 20.5. The molecular formula is C28H44O2. The molecule has 1 aliphatic heterocycles. The Morgan fingerprint density at radius 3 is 2.57 bits per heavy atom. The van der Waals surface area contributed by atoms with Crippen molar-refractivity contribution in [3.05, 3.63) is 46.1 Å². The molecule has 2 unspecified atom stereocenters. The maximum Gasteiger partial charge on any atom is 0.126 e. The van der Waals surface area contributed by atoms with Gasteiger partial charge in [-0.3, -0.25) is 0 Å². The van der Waals surface area contributed by atoms with E-state index in [1.807, 2.05) is 13.0 Å². The maximum absolute atomic E-state index is 10.1. The molecular weight excluding hydrogens is 368 g/mol. The van der Waals surface area contributed by atoms with Gasteiger partial charge in [-0.2, -0.15) is 0 Å². The molecule has 0 saturated heterocycles. The van der Waals surface area contributed by atoms with Crippen molar-refractivity contribution in [1.29, 1.82) is 0 Å². The van der Waals surface area contributed by atoms with E-state index >= 15 is 0 Å². The van der Waals surface area contributed by atoms with Crippen LogP contribution >= 0.6 is 0 Å². The summed E-state index contributed by atoms with van der Waals surface area (Å²) in [4.78, 5) is 0. The fourth-order valence-corrected chi connectivity index (χ4v) is 4.40. The Kier molecular flexibility index (Phi) is 9.07. The van der Waals surface area contributed by atoms with Gasteiger partial charge in [-0.25, -0.2) is 0 Å². The molecule has 2 heteroatoms. The Bertz CT molecular complexity index is 767. The van der Waals surface area contributed by atoms with Gasteiger partial charge >= 0.3 is 0 Å². The van der Waals surface area contributed by atoms with Crippen LogP contribution in [0.2, 0.25) is 0 Å². The largest absolute Gasteiger partial charge is 0.508 e. The summed E-state index contributed by atoms with van der Waals surface area (Å²) in [7, 11) is 0. The fourth-order valence-electron chi connectivity index (χ4n) is 4.40. The normalized spacial score (nSPS) is 19.8. The predicted molar refractivity (Wildman–Crippen MR) is 130 cm³/mol. The molecule has 1 aromatic carbocycles. The molecule has 1 heterocycles. The van der Waals surface area contributed by atoms with E-state index in [1.165, 1.54) is 43.3 Å². The first kappa shape index (κ1) is 24.6. The highest BCUT2D eigenvalue weighted by molar-refractivity contribution is 5.53. The number of allylic oxidation sites excluding steroid dienone is 4. The van der Waals surface area contributed by atoms with Crippen LogP contribution < -0.4 is 4.74 Å². The van der Waals surface area contributed by atoms with Crippen LogP contribution in [0.15, 0.2) is 29.4 Å². The van der Waals surface area contributed by atoms with Gasteiger partial charge in [-0.1, -0.05) is 36.6 Å². The van der Waals surface area contributed by atoms with Crippen LogP contribution in [0.3, 0.4) is 0 Å². The van der Waals surface area contributed by atoms with Crippen molar-refractivity contribution in [1.82, 2.24) is 0 Å². The number of aryl methyl sites for hydroxylation is 1. The number of phenols is 1. The Hall–Kier alpha value is -1.70. The first-order valence-corrected chi connectivity index (χ1v) is 11.9.